The Labute approximate surface area is 107 Å². The molecule has 0 atom stereocenters. The third kappa shape index (κ3) is 2.88. The Morgan fingerprint density at radius 1 is 1.28 bits per heavy atom. The molecule has 2 heterocycles. The van der Waals surface area contributed by atoms with Crippen LogP contribution in [0.25, 0.3) is 0 Å². The number of aromatic nitrogens is 2. The van der Waals surface area contributed by atoms with E-state index in [9.17, 15) is 0 Å². The molecule has 0 saturated carbocycles. The van der Waals surface area contributed by atoms with Crippen molar-refractivity contribution < 1.29 is 5.11 Å². The van der Waals surface area contributed by atoms with Crippen molar-refractivity contribution in [3.63, 3.8) is 0 Å². The lowest BCUT2D eigenvalue weighted by atomic mass is 10.3. The number of nitrogens with zero attached hydrogens (tertiary/aromatic N) is 4. The van der Waals surface area contributed by atoms with E-state index in [-0.39, 0.29) is 6.61 Å². The van der Waals surface area contributed by atoms with Crippen LogP contribution in [0.3, 0.4) is 0 Å². The fourth-order valence-corrected chi connectivity index (χ4v) is 2.32. The molecule has 6 nitrogen and oxygen atoms in total. The Bertz CT molecular complexity index is 398. The van der Waals surface area contributed by atoms with E-state index in [1.807, 2.05) is 6.92 Å². The van der Waals surface area contributed by atoms with Gasteiger partial charge in [0.15, 0.2) is 0 Å². The molecule has 0 radical (unpaired) electrons. The summed E-state index contributed by atoms with van der Waals surface area (Å²) in [5.74, 6) is 1.49. The molecular formula is C12H21N5O. The van der Waals surface area contributed by atoms with Gasteiger partial charge in [-0.25, -0.2) is 9.97 Å². The minimum atomic E-state index is 0.222. The maximum absolute atomic E-state index is 8.98. The molecule has 0 amide bonds. The van der Waals surface area contributed by atoms with E-state index in [0.29, 0.717) is 5.82 Å². The topological polar surface area (TPSA) is 78.5 Å². The first-order valence-electron chi connectivity index (χ1n) is 6.37. The summed E-state index contributed by atoms with van der Waals surface area (Å²) in [6.45, 7) is 6.79. The highest BCUT2D eigenvalue weighted by Crippen LogP contribution is 2.21. The number of aliphatic hydroxyl groups excluding tert-OH is 1. The lowest BCUT2D eigenvalue weighted by Gasteiger charge is -2.24. The number of nitrogen functional groups attached to an aromatic ring is 1. The zero-order valence-corrected chi connectivity index (χ0v) is 10.8. The molecule has 1 aromatic heterocycles. The van der Waals surface area contributed by atoms with Crippen molar-refractivity contribution >= 4 is 11.6 Å². The third-order valence-corrected chi connectivity index (χ3v) is 3.40. The van der Waals surface area contributed by atoms with Gasteiger partial charge in [-0.2, -0.15) is 0 Å². The van der Waals surface area contributed by atoms with Crippen molar-refractivity contribution in [3.8, 4) is 0 Å². The van der Waals surface area contributed by atoms with Crippen LogP contribution in [-0.4, -0.2) is 59.3 Å². The van der Waals surface area contributed by atoms with Gasteiger partial charge in [0.25, 0.3) is 0 Å². The number of rotatable bonds is 3. The molecule has 0 unspecified atom stereocenters. The Balaban J connectivity index is 2.07. The van der Waals surface area contributed by atoms with E-state index in [4.69, 9.17) is 10.8 Å². The van der Waals surface area contributed by atoms with Crippen molar-refractivity contribution in [3.05, 3.63) is 11.9 Å². The summed E-state index contributed by atoms with van der Waals surface area (Å²) >= 11 is 0. The Morgan fingerprint density at radius 3 is 2.89 bits per heavy atom. The first kappa shape index (κ1) is 13.0. The lowest BCUT2D eigenvalue weighted by molar-refractivity contribution is 0.204. The lowest BCUT2D eigenvalue weighted by Crippen LogP contribution is -2.33. The summed E-state index contributed by atoms with van der Waals surface area (Å²) in [6, 6.07) is 0. The number of aliphatic hydroxyl groups is 1. The Morgan fingerprint density at radius 2 is 2.11 bits per heavy atom. The fraction of sp³-hybridized carbons (Fsp3) is 0.667. The van der Waals surface area contributed by atoms with Gasteiger partial charge < -0.3 is 15.7 Å². The predicted octanol–water partition coefficient (Wildman–Crippen LogP) is -0.128. The largest absolute Gasteiger partial charge is 0.395 e. The summed E-state index contributed by atoms with van der Waals surface area (Å²) < 4.78 is 0. The van der Waals surface area contributed by atoms with Crippen LogP contribution in [0, 0.1) is 6.92 Å². The summed E-state index contributed by atoms with van der Waals surface area (Å²) in [7, 11) is 0. The zero-order chi connectivity index (χ0) is 13.0. The number of β-amino-alcohol motifs (C(OH)–C–C–N with tert-alkyl or cyclic N) is 1. The van der Waals surface area contributed by atoms with Crippen LogP contribution in [0.1, 0.15) is 12.0 Å². The third-order valence-electron chi connectivity index (χ3n) is 3.40. The first-order valence-corrected chi connectivity index (χ1v) is 6.37. The van der Waals surface area contributed by atoms with Gasteiger partial charge in [0.2, 0.25) is 0 Å². The number of hydrogen-bond acceptors (Lipinski definition) is 6. The summed E-state index contributed by atoms with van der Waals surface area (Å²) in [5, 5.41) is 8.98. The zero-order valence-electron chi connectivity index (χ0n) is 10.8. The van der Waals surface area contributed by atoms with Crippen LogP contribution < -0.4 is 10.6 Å². The summed E-state index contributed by atoms with van der Waals surface area (Å²) in [4.78, 5) is 12.9. The molecule has 1 aromatic rings. The SMILES string of the molecule is Cc1c(N)ncnc1N1CCCN(CCO)CC1. The van der Waals surface area contributed by atoms with Gasteiger partial charge in [0, 0.05) is 31.7 Å². The molecule has 1 aliphatic heterocycles. The first-order chi connectivity index (χ1) is 8.72. The predicted molar refractivity (Wildman–Crippen MR) is 71.5 cm³/mol. The second kappa shape index (κ2) is 5.97. The second-order valence-electron chi connectivity index (χ2n) is 4.61. The van der Waals surface area contributed by atoms with Crippen LogP contribution in [0.15, 0.2) is 6.33 Å². The smallest absolute Gasteiger partial charge is 0.137 e. The van der Waals surface area contributed by atoms with E-state index in [1.54, 1.807) is 0 Å². The molecule has 6 heteroatoms. The van der Waals surface area contributed by atoms with E-state index >= 15 is 0 Å². The van der Waals surface area contributed by atoms with Gasteiger partial charge in [0.1, 0.15) is 18.0 Å². The summed E-state index contributed by atoms with van der Waals surface area (Å²) in [6.07, 6.45) is 2.59. The molecule has 0 bridgehead atoms. The average Bonchev–Trinajstić information content (AvgIpc) is 2.59. The van der Waals surface area contributed by atoms with E-state index in [1.165, 1.54) is 6.33 Å². The number of hydrogen-bond donors (Lipinski definition) is 2. The van der Waals surface area contributed by atoms with Crippen LogP contribution in [0.4, 0.5) is 11.6 Å². The molecule has 3 N–H and O–H groups in total. The van der Waals surface area contributed by atoms with Crippen LogP contribution >= 0.6 is 0 Å². The monoisotopic (exact) mass is 251 g/mol. The van der Waals surface area contributed by atoms with Gasteiger partial charge in [-0.15, -0.1) is 0 Å². The highest BCUT2D eigenvalue weighted by atomic mass is 16.3. The fourth-order valence-electron chi connectivity index (χ4n) is 2.32. The molecule has 0 aromatic carbocycles. The minimum absolute atomic E-state index is 0.222. The van der Waals surface area contributed by atoms with Crippen molar-refractivity contribution in [1.82, 2.24) is 14.9 Å². The molecule has 100 valence electrons. The quantitative estimate of drug-likeness (QED) is 0.779. The second-order valence-corrected chi connectivity index (χ2v) is 4.61. The van der Waals surface area contributed by atoms with Gasteiger partial charge in [-0.1, -0.05) is 0 Å². The highest BCUT2D eigenvalue weighted by Gasteiger charge is 2.17. The average molecular weight is 251 g/mol. The van der Waals surface area contributed by atoms with Gasteiger partial charge in [0.05, 0.1) is 6.61 Å². The van der Waals surface area contributed by atoms with Crippen LogP contribution in [0.2, 0.25) is 0 Å². The van der Waals surface area contributed by atoms with E-state index in [2.05, 4.69) is 19.8 Å². The molecule has 2 rings (SSSR count). The molecule has 0 aliphatic carbocycles. The van der Waals surface area contributed by atoms with Gasteiger partial charge >= 0.3 is 0 Å². The van der Waals surface area contributed by atoms with Crippen molar-refractivity contribution in [1.29, 1.82) is 0 Å². The maximum atomic E-state index is 8.98. The standard InChI is InChI=1S/C12H21N5O/c1-10-11(13)14-9-15-12(10)17-4-2-3-16(5-6-17)7-8-18/h9,18H,2-8H2,1H3,(H2,13,14,15). The number of nitrogens with two attached hydrogens (primary N) is 1. The Kier molecular flexibility index (Phi) is 4.33. The van der Waals surface area contributed by atoms with Crippen molar-refractivity contribution in [2.45, 2.75) is 13.3 Å². The molecule has 0 spiro atoms. The van der Waals surface area contributed by atoms with Gasteiger partial charge in [-0.05, 0) is 19.9 Å². The van der Waals surface area contributed by atoms with E-state index < -0.39 is 0 Å². The molecule has 18 heavy (non-hydrogen) atoms. The van der Waals surface area contributed by atoms with Crippen LogP contribution in [0.5, 0.6) is 0 Å². The van der Waals surface area contributed by atoms with Crippen LogP contribution in [-0.2, 0) is 0 Å². The maximum Gasteiger partial charge on any atom is 0.137 e. The van der Waals surface area contributed by atoms with E-state index in [0.717, 1.165) is 50.5 Å². The number of anilines is 2. The van der Waals surface area contributed by atoms with Gasteiger partial charge in [-0.3, -0.25) is 4.90 Å². The Hall–Kier alpha value is -1.40. The highest BCUT2D eigenvalue weighted by molar-refractivity contribution is 5.55. The molecule has 1 aliphatic rings. The molecular weight excluding hydrogens is 230 g/mol. The van der Waals surface area contributed by atoms with Crippen molar-refractivity contribution in [2.24, 2.45) is 0 Å². The van der Waals surface area contributed by atoms with Crippen molar-refractivity contribution in [2.75, 3.05) is 50.0 Å². The minimum Gasteiger partial charge on any atom is -0.395 e. The normalized spacial score (nSPS) is 17.8. The molecule has 1 fully saturated rings. The molecule has 1 saturated heterocycles. The summed E-state index contributed by atoms with van der Waals surface area (Å²) in [5.41, 5.74) is 6.77.